The summed E-state index contributed by atoms with van der Waals surface area (Å²) in [4.78, 5) is 37.0. The van der Waals surface area contributed by atoms with Crippen molar-refractivity contribution >= 4 is 35.1 Å². The van der Waals surface area contributed by atoms with Gasteiger partial charge in [0.2, 0.25) is 5.91 Å². The van der Waals surface area contributed by atoms with Crippen molar-refractivity contribution in [1.29, 1.82) is 5.26 Å². The zero-order valence-electron chi connectivity index (χ0n) is 18.6. The van der Waals surface area contributed by atoms with Gasteiger partial charge >= 0.3 is 5.97 Å². The van der Waals surface area contributed by atoms with Crippen molar-refractivity contribution in [3.8, 4) is 6.07 Å². The number of nitriles is 1. The lowest BCUT2D eigenvalue weighted by atomic mass is 9.79. The molecular weight excluding hydrogens is 454 g/mol. The molecule has 0 saturated carbocycles. The van der Waals surface area contributed by atoms with Crippen LogP contribution in [0.3, 0.4) is 0 Å². The molecule has 2 aromatic rings. The van der Waals surface area contributed by atoms with Crippen molar-refractivity contribution in [2.45, 2.75) is 32.1 Å². The van der Waals surface area contributed by atoms with E-state index in [0.717, 1.165) is 12.1 Å². The summed E-state index contributed by atoms with van der Waals surface area (Å²) in [5.41, 5.74) is 2.67. The molecule has 4 rings (SSSR count). The number of nitrogens with zero attached hydrogens (tertiary/aromatic N) is 1. The molecule has 1 atom stereocenters. The molecule has 1 amide bonds. The summed E-state index contributed by atoms with van der Waals surface area (Å²) >= 11 is 1.20. The van der Waals surface area contributed by atoms with Gasteiger partial charge in [-0.1, -0.05) is 11.8 Å². The van der Waals surface area contributed by atoms with Gasteiger partial charge in [-0.25, -0.2) is 4.79 Å². The second-order valence-corrected chi connectivity index (χ2v) is 8.72. The quantitative estimate of drug-likeness (QED) is 0.568. The Morgan fingerprint density at radius 1 is 1.26 bits per heavy atom. The summed E-state index contributed by atoms with van der Waals surface area (Å²) in [6.45, 7) is 2.02. The van der Waals surface area contributed by atoms with Crippen LogP contribution in [-0.4, -0.2) is 30.0 Å². The number of rotatable bonds is 7. The van der Waals surface area contributed by atoms with E-state index >= 15 is 0 Å². The van der Waals surface area contributed by atoms with Gasteiger partial charge in [-0.15, -0.1) is 0 Å². The number of furan rings is 1. The number of dihydropyridines is 1. The van der Waals surface area contributed by atoms with Crippen LogP contribution in [0.25, 0.3) is 0 Å². The topological polar surface area (TPSA) is 121 Å². The molecule has 1 aromatic carbocycles. The molecule has 0 fully saturated rings. The van der Waals surface area contributed by atoms with Gasteiger partial charge in [0.1, 0.15) is 5.76 Å². The number of anilines is 1. The van der Waals surface area contributed by atoms with E-state index in [1.165, 1.54) is 18.0 Å². The van der Waals surface area contributed by atoms with E-state index in [1.54, 1.807) is 43.3 Å². The van der Waals surface area contributed by atoms with Crippen molar-refractivity contribution in [1.82, 2.24) is 5.32 Å². The van der Waals surface area contributed by atoms with E-state index in [-0.39, 0.29) is 24.1 Å². The summed E-state index contributed by atoms with van der Waals surface area (Å²) in [7, 11) is 0. The van der Waals surface area contributed by atoms with Crippen LogP contribution >= 0.6 is 11.8 Å². The zero-order valence-corrected chi connectivity index (χ0v) is 19.4. The number of esters is 1. The van der Waals surface area contributed by atoms with Gasteiger partial charge in [0, 0.05) is 23.4 Å². The SMILES string of the molecule is CCOC(=O)c1ccc(NC(=O)CSC2=C(C#N)C(c3ccco3)C3=C(CCCC3=O)N2)cc1. The van der Waals surface area contributed by atoms with Crippen molar-refractivity contribution in [2.24, 2.45) is 0 Å². The van der Waals surface area contributed by atoms with Crippen molar-refractivity contribution in [3.05, 3.63) is 75.9 Å². The van der Waals surface area contributed by atoms with E-state index < -0.39 is 11.9 Å². The first kappa shape index (κ1) is 23.4. The lowest BCUT2D eigenvalue weighted by molar-refractivity contribution is -0.116. The number of ether oxygens (including phenoxy) is 1. The average Bonchev–Trinajstić information content (AvgIpc) is 3.37. The molecule has 9 heteroatoms. The molecule has 2 heterocycles. The molecule has 1 aliphatic heterocycles. The molecule has 2 N–H and O–H groups in total. The van der Waals surface area contributed by atoms with Crippen molar-refractivity contribution < 1.29 is 23.5 Å². The smallest absolute Gasteiger partial charge is 0.338 e. The number of hydrogen-bond acceptors (Lipinski definition) is 8. The number of benzene rings is 1. The molecule has 0 saturated heterocycles. The third-order valence-corrected chi connectivity index (χ3v) is 6.54. The maximum Gasteiger partial charge on any atom is 0.338 e. The Kier molecular flexibility index (Phi) is 7.18. The van der Waals surface area contributed by atoms with Gasteiger partial charge in [0.25, 0.3) is 0 Å². The summed E-state index contributed by atoms with van der Waals surface area (Å²) in [6.07, 6.45) is 3.39. The molecular formula is C25H23N3O5S. The van der Waals surface area contributed by atoms with Gasteiger partial charge in [0.15, 0.2) is 5.78 Å². The predicted octanol–water partition coefficient (Wildman–Crippen LogP) is 4.26. The van der Waals surface area contributed by atoms with E-state index in [0.29, 0.717) is 46.0 Å². The molecule has 8 nitrogen and oxygen atoms in total. The highest BCUT2D eigenvalue weighted by molar-refractivity contribution is 8.03. The van der Waals surface area contributed by atoms with Crippen LogP contribution < -0.4 is 10.6 Å². The number of allylic oxidation sites excluding steroid dienone is 3. The second kappa shape index (κ2) is 10.4. The zero-order chi connectivity index (χ0) is 24.1. The normalized spacial score (nSPS) is 17.5. The molecule has 2 aliphatic rings. The highest BCUT2D eigenvalue weighted by atomic mass is 32.2. The fourth-order valence-corrected chi connectivity index (χ4v) is 4.88. The minimum absolute atomic E-state index is 0.0101. The molecule has 0 spiro atoms. The number of amides is 1. The van der Waals surface area contributed by atoms with E-state index in [1.807, 2.05) is 0 Å². The molecule has 1 aliphatic carbocycles. The van der Waals surface area contributed by atoms with E-state index in [9.17, 15) is 19.6 Å². The Bertz CT molecular complexity index is 1210. The largest absolute Gasteiger partial charge is 0.468 e. The van der Waals surface area contributed by atoms with Crippen LogP contribution in [0.5, 0.6) is 0 Å². The highest BCUT2D eigenvalue weighted by Gasteiger charge is 2.38. The maximum absolute atomic E-state index is 12.7. The lowest BCUT2D eigenvalue weighted by Crippen LogP contribution is -2.31. The van der Waals surface area contributed by atoms with Crippen LogP contribution in [0, 0.1) is 11.3 Å². The fourth-order valence-electron chi connectivity index (χ4n) is 4.02. The molecule has 0 bridgehead atoms. The predicted molar refractivity (Wildman–Crippen MR) is 127 cm³/mol. The minimum Gasteiger partial charge on any atom is -0.468 e. The van der Waals surface area contributed by atoms with Crippen molar-refractivity contribution in [3.63, 3.8) is 0 Å². The summed E-state index contributed by atoms with van der Waals surface area (Å²) in [6, 6.07) is 12.1. The van der Waals surface area contributed by atoms with Gasteiger partial charge < -0.3 is 19.8 Å². The first-order valence-corrected chi connectivity index (χ1v) is 11.9. The molecule has 1 unspecified atom stereocenters. The minimum atomic E-state index is -0.579. The Morgan fingerprint density at radius 3 is 2.74 bits per heavy atom. The third-order valence-electron chi connectivity index (χ3n) is 5.52. The van der Waals surface area contributed by atoms with Crippen LogP contribution in [0.15, 0.2) is 69.0 Å². The highest BCUT2D eigenvalue weighted by Crippen LogP contribution is 2.44. The van der Waals surface area contributed by atoms with Crippen LogP contribution in [-0.2, 0) is 14.3 Å². The Balaban J connectivity index is 1.48. The second-order valence-electron chi connectivity index (χ2n) is 7.73. The molecule has 174 valence electrons. The maximum atomic E-state index is 12.7. The number of ketones is 1. The lowest BCUT2D eigenvalue weighted by Gasteiger charge is -2.32. The standard InChI is InChI=1S/C25H23N3O5S/c1-2-32-25(31)15-8-10-16(11-9-15)27-21(30)14-34-24-17(13-26)22(20-7-4-12-33-20)23-18(28-24)5-3-6-19(23)29/h4,7-12,22,28H,2-3,5-6,14H2,1H3,(H,27,30). The number of nitrogens with one attached hydrogen (secondary N) is 2. The number of Topliss-reactive ketones (excluding diaryl/α,β-unsaturated/α-hetero) is 1. The fraction of sp³-hybridized carbons (Fsp3) is 0.280. The number of carbonyl (C=O) groups excluding carboxylic acids is 3. The van der Waals surface area contributed by atoms with Crippen molar-refractivity contribution in [2.75, 3.05) is 17.7 Å². The van der Waals surface area contributed by atoms with Gasteiger partial charge in [0.05, 0.1) is 46.8 Å². The first-order chi connectivity index (χ1) is 16.5. The monoisotopic (exact) mass is 477 g/mol. The average molecular weight is 478 g/mol. The molecule has 0 radical (unpaired) electrons. The van der Waals surface area contributed by atoms with Crippen LogP contribution in [0.2, 0.25) is 0 Å². The van der Waals surface area contributed by atoms with Gasteiger partial charge in [-0.3, -0.25) is 9.59 Å². The van der Waals surface area contributed by atoms with E-state index in [2.05, 4.69) is 16.7 Å². The summed E-state index contributed by atoms with van der Waals surface area (Å²) in [5, 5.41) is 16.5. The Hall–Kier alpha value is -3.77. The third kappa shape index (κ3) is 4.92. The van der Waals surface area contributed by atoms with E-state index in [4.69, 9.17) is 9.15 Å². The van der Waals surface area contributed by atoms with Gasteiger partial charge in [-0.2, -0.15) is 5.26 Å². The Labute approximate surface area is 201 Å². The van der Waals surface area contributed by atoms with Gasteiger partial charge in [-0.05, 0) is 56.2 Å². The van der Waals surface area contributed by atoms with Crippen LogP contribution in [0.1, 0.15) is 48.2 Å². The number of thioether (sulfide) groups is 1. The summed E-state index contributed by atoms with van der Waals surface area (Å²) in [5.74, 6) is -0.675. The first-order valence-electron chi connectivity index (χ1n) is 10.9. The molecule has 34 heavy (non-hydrogen) atoms. The summed E-state index contributed by atoms with van der Waals surface area (Å²) < 4.78 is 10.5. The number of carbonyl (C=O) groups is 3. The van der Waals surface area contributed by atoms with Crippen LogP contribution in [0.4, 0.5) is 5.69 Å². The molecule has 1 aromatic heterocycles. The number of hydrogen-bond donors (Lipinski definition) is 2. The Morgan fingerprint density at radius 2 is 2.06 bits per heavy atom.